The lowest BCUT2D eigenvalue weighted by molar-refractivity contribution is 0.169. The minimum absolute atomic E-state index is 0.627. The molecule has 0 aliphatic carbocycles. The number of ether oxygens (including phenoxy) is 2. The summed E-state index contributed by atoms with van der Waals surface area (Å²) < 4.78 is 11.3. The van der Waals surface area contributed by atoms with Crippen LogP contribution in [0.25, 0.3) is 0 Å². The lowest BCUT2D eigenvalue weighted by Crippen LogP contribution is -2.19. The van der Waals surface area contributed by atoms with Crippen molar-refractivity contribution < 1.29 is 9.47 Å². The summed E-state index contributed by atoms with van der Waals surface area (Å²) in [7, 11) is 0. The van der Waals surface area contributed by atoms with Crippen molar-refractivity contribution in [1.82, 2.24) is 5.32 Å². The van der Waals surface area contributed by atoms with Crippen LogP contribution >= 0.6 is 0 Å². The van der Waals surface area contributed by atoms with E-state index in [2.05, 4.69) is 42.6 Å². The van der Waals surface area contributed by atoms with Crippen LogP contribution in [-0.2, 0) is 13.1 Å². The average Bonchev–Trinajstić information content (AvgIpc) is 2.48. The molecule has 104 valence electrons. The van der Waals surface area contributed by atoms with Gasteiger partial charge in [-0.1, -0.05) is 42.0 Å². The Bertz CT molecular complexity index is 595. The van der Waals surface area contributed by atoms with Gasteiger partial charge in [0.15, 0.2) is 11.5 Å². The van der Waals surface area contributed by atoms with Gasteiger partial charge in [0.05, 0.1) is 0 Å². The van der Waals surface area contributed by atoms with E-state index in [0.29, 0.717) is 13.2 Å². The van der Waals surface area contributed by atoms with Crippen molar-refractivity contribution in [2.24, 2.45) is 0 Å². The summed E-state index contributed by atoms with van der Waals surface area (Å²) >= 11 is 0. The van der Waals surface area contributed by atoms with Gasteiger partial charge in [-0.15, -0.1) is 0 Å². The van der Waals surface area contributed by atoms with Gasteiger partial charge in [-0.25, -0.2) is 0 Å². The van der Waals surface area contributed by atoms with Crippen LogP contribution in [0, 0.1) is 6.92 Å². The number of hydrogen-bond acceptors (Lipinski definition) is 3. The molecule has 0 saturated heterocycles. The zero-order valence-corrected chi connectivity index (χ0v) is 11.7. The van der Waals surface area contributed by atoms with Crippen molar-refractivity contribution in [3.8, 4) is 11.5 Å². The second-order valence-electron chi connectivity index (χ2n) is 5.03. The van der Waals surface area contributed by atoms with Crippen LogP contribution in [0.5, 0.6) is 11.5 Å². The number of hydrogen-bond donors (Lipinski definition) is 1. The fourth-order valence-electron chi connectivity index (χ4n) is 2.44. The van der Waals surface area contributed by atoms with Crippen LogP contribution in [0.15, 0.2) is 42.5 Å². The summed E-state index contributed by atoms with van der Waals surface area (Å²) in [5.41, 5.74) is 3.74. The van der Waals surface area contributed by atoms with Gasteiger partial charge in [0.25, 0.3) is 0 Å². The molecular weight excluding hydrogens is 250 g/mol. The summed E-state index contributed by atoms with van der Waals surface area (Å²) in [6, 6.07) is 14.6. The predicted molar refractivity (Wildman–Crippen MR) is 79.2 cm³/mol. The molecule has 0 fully saturated rings. The third-order valence-electron chi connectivity index (χ3n) is 3.37. The molecule has 3 nitrogen and oxygen atoms in total. The van der Waals surface area contributed by atoms with E-state index >= 15 is 0 Å². The first-order valence-electron chi connectivity index (χ1n) is 6.97. The molecule has 1 heterocycles. The maximum absolute atomic E-state index is 5.71. The molecule has 0 bridgehead atoms. The summed E-state index contributed by atoms with van der Waals surface area (Å²) in [5, 5.41) is 3.46. The predicted octanol–water partition coefficient (Wildman–Crippen LogP) is 3.06. The Morgan fingerprint density at radius 2 is 1.85 bits per heavy atom. The number of aryl methyl sites for hydroxylation is 1. The molecular formula is C17H19NO2. The van der Waals surface area contributed by atoms with Gasteiger partial charge in [-0.2, -0.15) is 0 Å². The van der Waals surface area contributed by atoms with E-state index in [1.54, 1.807) is 0 Å². The highest BCUT2D eigenvalue weighted by atomic mass is 16.6. The molecule has 2 aromatic carbocycles. The number of fused-ring (bicyclic) bond motifs is 1. The molecule has 0 saturated carbocycles. The van der Waals surface area contributed by atoms with Crippen LogP contribution in [0.3, 0.4) is 0 Å². The molecule has 3 rings (SSSR count). The Morgan fingerprint density at radius 1 is 1.00 bits per heavy atom. The van der Waals surface area contributed by atoms with Crippen LogP contribution in [-0.4, -0.2) is 13.2 Å². The van der Waals surface area contributed by atoms with E-state index in [0.717, 1.165) is 30.2 Å². The van der Waals surface area contributed by atoms with Crippen LogP contribution in [0.1, 0.15) is 16.7 Å². The average molecular weight is 269 g/mol. The van der Waals surface area contributed by atoms with Gasteiger partial charge >= 0.3 is 0 Å². The zero-order chi connectivity index (χ0) is 13.8. The molecule has 1 N–H and O–H groups in total. The quantitative estimate of drug-likeness (QED) is 0.925. The van der Waals surface area contributed by atoms with Crippen molar-refractivity contribution in [2.75, 3.05) is 13.2 Å². The summed E-state index contributed by atoms with van der Waals surface area (Å²) in [4.78, 5) is 0. The normalized spacial score (nSPS) is 13.2. The highest BCUT2D eigenvalue weighted by Gasteiger charge is 2.14. The van der Waals surface area contributed by atoms with Crippen molar-refractivity contribution in [1.29, 1.82) is 0 Å². The molecule has 2 aromatic rings. The first-order valence-corrected chi connectivity index (χ1v) is 6.97. The van der Waals surface area contributed by atoms with Gasteiger partial charge in [-0.05, 0) is 18.6 Å². The molecule has 1 aliphatic rings. The van der Waals surface area contributed by atoms with Crippen molar-refractivity contribution in [2.45, 2.75) is 20.0 Å². The lowest BCUT2D eigenvalue weighted by atomic mass is 10.1. The Kier molecular flexibility index (Phi) is 3.88. The minimum atomic E-state index is 0.627. The topological polar surface area (TPSA) is 30.5 Å². The summed E-state index contributed by atoms with van der Waals surface area (Å²) in [5.74, 6) is 1.74. The van der Waals surface area contributed by atoms with Gasteiger partial charge in [0.1, 0.15) is 13.2 Å². The first-order chi connectivity index (χ1) is 9.83. The summed E-state index contributed by atoms with van der Waals surface area (Å²) in [6.07, 6.45) is 0. The molecule has 0 atom stereocenters. The number of rotatable bonds is 4. The van der Waals surface area contributed by atoms with E-state index in [1.807, 2.05) is 12.1 Å². The SMILES string of the molecule is Cc1cccc(CNCc2cccc3c2OCCO3)c1. The van der Waals surface area contributed by atoms with E-state index < -0.39 is 0 Å². The second kappa shape index (κ2) is 5.97. The van der Waals surface area contributed by atoms with Gasteiger partial charge in [-0.3, -0.25) is 0 Å². The van der Waals surface area contributed by atoms with Crippen molar-refractivity contribution >= 4 is 0 Å². The molecule has 0 radical (unpaired) electrons. The van der Waals surface area contributed by atoms with Crippen LogP contribution in [0.2, 0.25) is 0 Å². The van der Waals surface area contributed by atoms with Crippen molar-refractivity contribution in [3.63, 3.8) is 0 Å². The molecule has 20 heavy (non-hydrogen) atoms. The fourth-order valence-corrected chi connectivity index (χ4v) is 2.44. The third-order valence-corrected chi connectivity index (χ3v) is 3.37. The Balaban J connectivity index is 1.64. The van der Waals surface area contributed by atoms with E-state index in [1.165, 1.54) is 11.1 Å². The minimum Gasteiger partial charge on any atom is -0.486 e. The first kappa shape index (κ1) is 13.0. The van der Waals surface area contributed by atoms with Crippen LogP contribution < -0.4 is 14.8 Å². The largest absolute Gasteiger partial charge is 0.486 e. The maximum atomic E-state index is 5.71. The fraction of sp³-hybridized carbons (Fsp3) is 0.294. The Labute approximate surface area is 119 Å². The summed E-state index contributed by atoms with van der Waals surface area (Å²) in [6.45, 7) is 5.00. The molecule has 1 aliphatic heterocycles. The molecule has 0 spiro atoms. The zero-order valence-electron chi connectivity index (χ0n) is 11.7. The maximum Gasteiger partial charge on any atom is 0.165 e. The lowest BCUT2D eigenvalue weighted by Gasteiger charge is -2.21. The van der Waals surface area contributed by atoms with Gasteiger partial charge < -0.3 is 14.8 Å². The third kappa shape index (κ3) is 2.94. The number of nitrogens with one attached hydrogen (secondary N) is 1. The molecule has 0 amide bonds. The smallest absolute Gasteiger partial charge is 0.165 e. The van der Waals surface area contributed by atoms with E-state index in [4.69, 9.17) is 9.47 Å². The molecule has 0 aromatic heterocycles. The second-order valence-corrected chi connectivity index (χ2v) is 5.03. The Morgan fingerprint density at radius 3 is 2.75 bits per heavy atom. The highest BCUT2D eigenvalue weighted by molar-refractivity contribution is 5.47. The van der Waals surface area contributed by atoms with E-state index in [9.17, 15) is 0 Å². The highest BCUT2D eigenvalue weighted by Crippen LogP contribution is 2.33. The molecule has 0 unspecified atom stereocenters. The number of para-hydroxylation sites is 1. The molecule has 3 heteroatoms. The van der Waals surface area contributed by atoms with Crippen LogP contribution in [0.4, 0.5) is 0 Å². The number of benzene rings is 2. The standard InChI is InChI=1S/C17H19NO2/c1-13-4-2-5-14(10-13)11-18-12-15-6-3-7-16-17(15)20-9-8-19-16/h2-7,10,18H,8-9,11-12H2,1H3. The van der Waals surface area contributed by atoms with Gasteiger partial charge in [0.2, 0.25) is 0 Å². The van der Waals surface area contributed by atoms with E-state index in [-0.39, 0.29) is 0 Å². The Hall–Kier alpha value is -2.00. The van der Waals surface area contributed by atoms with Crippen molar-refractivity contribution in [3.05, 3.63) is 59.2 Å². The van der Waals surface area contributed by atoms with Gasteiger partial charge in [0, 0.05) is 18.7 Å². The monoisotopic (exact) mass is 269 g/mol.